The summed E-state index contributed by atoms with van der Waals surface area (Å²) in [6.07, 6.45) is 12.2. The third kappa shape index (κ3) is 6.42. The predicted molar refractivity (Wildman–Crippen MR) is 77.9 cm³/mol. The summed E-state index contributed by atoms with van der Waals surface area (Å²) >= 11 is 0. The molecule has 1 unspecified atom stereocenters. The van der Waals surface area contributed by atoms with Crippen LogP contribution >= 0.6 is 0 Å². The lowest BCUT2D eigenvalue weighted by Crippen LogP contribution is -2.30. The largest absolute Gasteiger partial charge is 0.481 e. The zero-order chi connectivity index (χ0) is 13.9. The van der Waals surface area contributed by atoms with E-state index in [9.17, 15) is 9.90 Å². The Morgan fingerprint density at radius 1 is 0.833 bits per heavy atom. The Morgan fingerprint density at radius 2 is 1.39 bits per heavy atom. The van der Waals surface area contributed by atoms with Crippen LogP contribution < -0.4 is 0 Å². The van der Waals surface area contributed by atoms with Crippen molar-refractivity contribution in [2.45, 2.75) is 91.4 Å². The van der Waals surface area contributed by atoms with Gasteiger partial charge in [-0.25, -0.2) is 0 Å². The van der Waals surface area contributed by atoms with Crippen LogP contribution in [0.25, 0.3) is 0 Å². The molecule has 0 bridgehead atoms. The van der Waals surface area contributed by atoms with Crippen molar-refractivity contribution in [1.29, 1.82) is 0 Å². The van der Waals surface area contributed by atoms with Crippen molar-refractivity contribution in [3.05, 3.63) is 0 Å². The van der Waals surface area contributed by atoms with Crippen molar-refractivity contribution in [2.24, 2.45) is 5.41 Å². The molecule has 1 atom stereocenters. The van der Waals surface area contributed by atoms with Gasteiger partial charge >= 0.3 is 5.97 Å². The van der Waals surface area contributed by atoms with Gasteiger partial charge in [-0.05, 0) is 19.3 Å². The van der Waals surface area contributed by atoms with Gasteiger partial charge in [0.2, 0.25) is 0 Å². The van der Waals surface area contributed by atoms with Gasteiger partial charge in [-0.15, -0.1) is 0 Å². The molecule has 0 radical (unpaired) electrons. The molecule has 108 valence electrons. The molecule has 1 N–H and O–H groups in total. The van der Waals surface area contributed by atoms with E-state index in [1.54, 1.807) is 0 Å². The first-order chi connectivity index (χ1) is 8.63. The summed E-state index contributed by atoms with van der Waals surface area (Å²) in [5.74, 6) is -0.585. The molecule has 0 aromatic carbocycles. The highest BCUT2D eigenvalue weighted by Gasteiger charge is 2.34. The molecular weight excluding hydrogens is 224 g/mol. The van der Waals surface area contributed by atoms with Gasteiger partial charge in [0.25, 0.3) is 0 Å². The molecule has 2 heteroatoms. The number of hydrogen-bond acceptors (Lipinski definition) is 1. The Morgan fingerprint density at radius 3 is 1.83 bits per heavy atom. The van der Waals surface area contributed by atoms with Crippen molar-refractivity contribution >= 4 is 5.97 Å². The van der Waals surface area contributed by atoms with Crippen LogP contribution in [0, 0.1) is 5.41 Å². The van der Waals surface area contributed by atoms with E-state index in [1.165, 1.54) is 38.5 Å². The average Bonchev–Trinajstić information content (AvgIpc) is 2.36. The summed E-state index contributed by atoms with van der Waals surface area (Å²) in [6.45, 7) is 6.33. The number of carboxylic acids is 1. The summed E-state index contributed by atoms with van der Waals surface area (Å²) < 4.78 is 0. The maximum atomic E-state index is 11.4. The van der Waals surface area contributed by atoms with Gasteiger partial charge in [-0.2, -0.15) is 0 Å². The topological polar surface area (TPSA) is 37.3 Å². The van der Waals surface area contributed by atoms with Gasteiger partial charge in [-0.3, -0.25) is 4.79 Å². The maximum absolute atomic E-state index is 11.4. The molecule has 0 heterocycles. The molecule has 0 saturated heterocycles. The standard InChI is InChI=1S/C16H32O2/c1-4-7-8-9-10-11-12-14-16(6-3,13-5-2)15(17)18/h4-14H2,1-3H3,(H,17,18). The zero-order valence-corrected chi connectivity index (χ0v) is 12.6. The van der Waals surface area contributed by atoms with Gasteiger partial charge in [0.15, 0.2) is 0 Å². The van der Waals surface area contributed by atoms with Gasteiger partial charge in [0, 0.05) is 0 Å². The molecule has 0 fully saturated rings. The zero-order valence-electron chi connectivity index (χ0n) is 12.6. The monoisotopic (exact) mass is 256 g/mol. The minimum absolute atomic E-state index is 0.446. The van der Waals surface area contributed by atoms with Crippen LogP contribution in [-0.4, -0.2) is 11.1 Å². The molecule has 2 nitrogen and oxygen atoms in total. The van der Waals surface area contributed by atoms with E-state index in [1.807, 2.05) is 6.92 Å². The highest BCUT2D eigenvalue weighted by atomic mass is 16.4. The van der Waals surface area contributed by atoms with Crippen molar-refractivity contribution in [1.82, 2.24) is 0 Å². The summed E-state index contributed by atoms with van der Waals surface area (Å²) in [5.41, 5.74) is -0.446. The fourth-order valence-corrected chi connectivity index (χ4v) is 2.74. The molecule has 0 aromatic rings. The lowest BCUT2D eigenvalue weighted by atomic mass is 9.76. The second kappa shape index (κ2) is 10.4. The SMILES string of the molecule is CCCCCCCCCC(CC)(CCC)C(=O)O. The Labute approximate surface area is 113 Å². The molecular formula is C16H32O2. The molecule has 0 amide bonds. The molecule has 0 aliphatic rings. The number of rotatable bonds is 12. The van der Waals surface area contributed by atoms with Crippen molar-refractivity contribution in [3.8, 4) is 0 Å². The Balaban J connectivity index is 3.86. The van der Waals surface area contributed by atoms with E-state index in [-0.39, 0.29) is 0 Å². The molecule has 0 aromatic heterocycles. The third-order valence-corrected chi connectivity index (χ3v) is 4.12. The third-order valence-electron chi connectivity index (χ3n) is 4.12. The van der Waals surface area contributed by atoms with Crippen LogP contribution in [0.1, 0.15) is 91.4 Å². The second-order valence-corrected chi connectivity index (χ2v) is 5.56. The summed E-state index contributed by atoms with van der Waals surface area (Å²) in [7, 11) is 0. The fourth-order valence-electron chi connectivity index (χ4n) is 2.74. The second-order valence-electron chi connectivity index (χ2n) is 5.56. The molecule has 0 spiro atoms. The van der Waals surface area contributed by atoms with Crippen molar-refractivity contribution < 1.29 is 9.90 Å². The van der Waals surface area contributed by atoms with Crippen LogP contribution in [-0.2, 0) is 4.79 Å². The van der Waals surface area contributed by atoms with Crippen LogP contribution in [0.2, 0.25) is 0 Å². The first kappa shape index (κ1) is 17.5. The number of aliphatic carboxylic acids is 1. The molecule has 0 aliphatic heterocycles. The number of carboxylic acid groups (broad SMARTS) is 1. The van der Waals surface area contributed by atoms with Gasteiger partial charge < -0.3 is 5.11 Å². The van der Waals surface area contributed by atoms with Crippen LogP contribution in [0.5, 0.6) is 0 Å². The lowest BCUT2D eigenvalue weighted by molar-refractivity contribution is -0.150. The fraction of sp³-hybridized carbons (Fsp3) is 0.938. The quantitative estimate of drug-likeness (QED) is 0.474. The van der Waals surface area contributed by atoms with E-state index in [2.05, 4.69) is 13.8 Å². The highest BCUT2D eigenvalue weighted by Crippen LogP contribution is 2.34. The number of hydrogen-bond donors (Lipinski definition) is 1. The predicted octanol–water partition coefficient (Wildman–Crippen LogP) is 5.41. The van der Waals surface area contributed by atoms with Gasteiger partial charge in [0.1, 0.15) is 0 Å². The lowest BCUT2D eigenvalue weighted by Gasteiger charge is -2.27. The number of unbranched alkanes of at least 4 members (excludes halogenated alkanes) is 6. The molecule has 0 saturated carbocycles. The van der Waals surface area contributed by atoms with E-state index in [4.69, 9.17) is 0 Å². The average molecular weight is 256 g/mol. The van der Waals surface area contributed by atoms with Gasteiger partial charge in [0.05, 0.1) is 5.41 Å². The summed E-state index contributed by atoms with van der Waals surface area (Å²) in [5, 5.41) is 9.43. The molecule has 18 heavy (non-hydrogen) atoms. The van der Waals surface area contributed by atoms with Gasteiger partial charge in [-0.1, -0.05) is 72.1 Å². The Kier molecular flexibility index (Phi) is 10.1. The van der Waals surface area contributed by atoms with E-state index in [0.29, 0.717) is 0 Å². The van der Waals surface area contributed by atoms with Crippen molar-refractivity contribution in [2.75, 3.05) is 0 Å². The summed E-state index contributed by atoms with van der Waals surface area (Å²) in [6, 6.07) is 0. The van der Waals surface area contributed by atoms with Crippen molar-refractivity contribution in [3.63, 3.8) is 0 Å². The first-order valence-electron chi connectivity index (χ1n) is 7.86. The minimum atomic E-state index is -0.585. The van der Waals surface area contributed by atoms with Crippen LogP contribution in [0.3, 0.4) is 0 Å². The Hall–Kier alpha value is -0.530. The minimum Gasteiger partial charge on any atom is -0.481 e. The number of carbonyl (C=O) groups is 1. The van der Waals surface area contributed by atoms with E-state index in [0.717, 1.165) is 32.1 Å². The highest BCUT2D eigenvalue weighted by molar-refractivity contribution is 5.74. The molecule has 0 rings (SSSR count). The summed E-state index contributed by atoms with van der Waals surface area (Å²) in [4.78, 5) is 11.4. The Bertz CT molecular complexity index is 213. The maximum Gasteiger partial charge on any atom is 0.309 e. The van der Waals surface area contributed by atoms with Crippen LogP contribution in [0.4, 0.5) is 0 Å². The van der Waals surface area contributed by atoms with Crippen LogP contribution in [0.15, 0.2) is 0 Å². The normalized spacial score (nSPS) is 14.4. The molecule has 0 aliphatic carbocycles. The van der Waals surface area contributed by atoms with E-state index >= 15 is 0 Å². The smallest absolute Gasteiger partial charge is 0.309 e. The van der Waals surface area contributed by atoms with E-state index < -0.39 is 11.4 Å². The first-order valence-corrected chi connectivity index (χ1v) is 7.86.